The predicted octanol–water partition coefficient (Wildman–Crippen LogP) is -2.53. The molecule has 30 heavy (non-hydrogen) atoms. The van der Waals surface area contributed by atoms with Gasteiger partial charge in [-0.1, -0.05) is 0 Å². The van der Waals surface area contributed by atoms with E-state index in [9.17, 15) is 35.4 Å². The first kappa shape index (κ1) is 24.1. The standard InChI is InChI=1S/C18H26N2O10/c1-8-13(23)10(9(5-21)4-20-8)2-3-19-11(17(27)28)7-29-18-16(26)15(25)14(24)12(6-22)30-18/h3-4,11-12,14-16,18,21-26H,2,5-7H2,1H3,(H,27,28)/t11-,12+,14+,15-,16+,18+/m0/s1. The van der Waals surface area contributed by atoms with Gasteiger partial charge < -0.3 is 45.2 Å². The lowest BCUT2D eigenvalue weighted by molar-refractivity contribution is -0.301. The quantitative estimate of drug-likeness (QED) is 0.204. The third-order valence-corrected chi connectivity index (χ3v) is 4.73. The number of aromatic hydroxyl groups is 1. The van der Waals surface area contributed by atoms with Gasteiger partial charge in [-0.2, -0.15) is 0 Å². The van der Waals surface area contributed by atoms with Gasteiger partial charge in [0.15, 0.2) is 12.3 Å². The normalized spacial score (nSPS) is 28.0. The smallest absolute Gasteiger partial charge is 0.330 e. The van der Waals surface area contributed by atoms with Crippen molar-refractivity contribution in [1.29, 1.82) is 0 Å². The molecular weight excluding hydrogens is 404 g/mol. The van der Waals surface area contributed by atoms with Gasteiger partial charge in [-0.25, -0.2) is 4.79 Å². The molecule has 1 saturated heterocycles. The number of aromatic nitrogens is 1. The summed E-state index contributed by atoms with van der Waals surface area (Å²) in [5.74, 6) is -1.47. The van der Waals surface area contributed by atoms with E-state index < -0.39 is 55.9 Å². The van der Waals surface area contributed by atoms with Gasteiger partial charge in [0, 0.05) is 30.0 Å². The van der Waals surface area contributed by atoms with Crippen molar-refractivity contribution in [2.75, 3.05) is 13.2 Å². The van der Waals surface area contributed by atoms with Crippen molar-refractivity contribution in [3.05, 3.63) is 23.0 Å². The minimum absolute atomic E-state index is 0.0227. The van der Waals surface area contributed by atoms with Crippen LogP contribution in [-0.4, -0.2) is 103 Å². The fourth-order valence-electron chi connectivity index (χ4n) is 2.89. The minimum Gasteiger partial charge on any atom is -0.506 e. The van der Waals surface area contributed by atoms with Gasteiger partial charge in [-0.3, -0.25) is 9.98 Å². The molecular formula is C18H26N2O10. The van der Waals surface area contributed by atoms with Crippen LogP contribution in [0.1, 0.15) is 16.8 Å². The number of aliphatic imine (C=N–C) groups is 1. The lowest BCUT2D eigenvalue weighted by atomic mass is 9.99. The van der Waals surface area contributed by atoms with Crippen LogP contribution in [0.15, 0.2) is 11.2 Å². The van der Waals surface area contributed by atoms with E-state index in [4.69, 9.17) is 14.6 Å². The molecule has 7 N–H and O–H groups in total. The molecule has 1 fully saturated rings. The molecule has 1 aromatic rings. The highest BCUT2D eigenvalue weighted by molar-refractivity contribution is 5.77. The van der Waals surface area contributed by atoms with Crippen LogP contribution in [0, 0.1) is 6.92 Å². The molecule has 0 aromatic carbocycles. The van der Waals surface area contributed by atoms with Crippen molar-refractivity contribution in [2.24, 2.45) is 4.99 Å². The van der Waals surface area contributed by atoms with Gasteiger partial charge >= 0.3 is 5.97 Å². The molecule has 0 radical (unpaired) electrons. The fourth-order valence-corrected chi connectivity index (χ4v) is 2.89. The zero-order valence-corrected chi connectivity index (χ0v) is 16.2. The zero-order valence-electron chi connectivity index (χ0n) is 16.2. The van der Waals surface area contributed by atoms with Gasteiger partial charge in [-0.05, 0) is 6.92 Å². The average Bonchev–Trinajstić information content (AvgIpc) is 2.72. The monoisotopic (exact) mass is 430 g/mol. The molecule has 0 amide bonds. The number of rotatable bonds is 9. The number of pyridine rings is 1. The Morgan fingerprint density at radius 2 is 2.00 bits per heavy atom. The average molecular weight is 430 g/mol. The van der Waals surface area contributed by atoms with Crippen molar-refractivity contribution in [2.45, 2.75) is 56.7 Å². The second-order valence-corrected chi connectivity index (χ2v) is 6.77. The summed E-state index contributed by atoms with van der Waals surface area (Å²) in [4.78, 5) is 19.3. The summed E-state index contributed by atoms with van der Waals surface area (Å²) in [5, 5.41) is 67.4. The lowest BCUT2D eigenvalue weighted by Crippen LogP contribution is -2.59. The van der Waals surface area contributed by atoms with E-state index in [0.717, 1.165) is 0 Å². The highest BCUT2D eigenvalue weighted by Gasteiger charge is 2.44. The Kier molecular flexibility index (Phi) is 8.61. The molecule has 2 heterocycles. The Morgan fingerprint density at radius 3 is 2.60 bits per heavy atom. The first-order valence-corrected chi connectivity index (χ1v) is 9.14. The van der Waals surface area contributed by atoms with Crippen LogP contribution in [-0.2, 0) is 27.3 Å². The summed E-state index contributed by atoms with van der Waals surface area (Å²) in [6.45, 7) is 0.0220. The number of ether oxygens (including phenoxy) is 2. The number of aryl methyl sites for hydroxylation is 1. The topological polar surface area (TPSA) is 202 Å². The van der Waals surface area contributed by atoms with E-state index in [1.807, 2.05) is 0 Å². The van der Waals surface area contributed by atoms with Gasteiger partial charge in [-0.15, -0.1) is 0 Å². The molecule has 0 aliphatic carbocycles. The molecule has 2 rings (SSSR count). The maximum absolute atomic E-state index is 11.5. The summed E-state index contributed by atoms with van der Waals surface area (Å²) in [6, 6.07) is -1.40. The SMILES string of the molecule is Cc1ncc(CO)c(CC=N[C@@H](CO[C@@H]2O[C@H](CO)[C@@H](O)[C@H](O)[C@H]2O)C(=O)O)c1O. The number of carboxylic acids is 1. The first-order chi connectivity index (χ1) is 14.2. The van der Waals surface area contributed by atoms with Gasteiger partial charge in [0.2, 0.25) is 0 Å². The Morgan fingerprint density at radius 1 is 1.30 bits per heavy atom. The molecule has 1 aromatic heterocycles. The Balaban J connectivity index is 2.04. The number of aliphatic hydroxyl groups excluding tert-OH is 5. The third kappa shape index (κ3) is 5.49. The minimum atomic E-state index is -1.66. The fraction of sp³-hybridized carbons (Fsp3) is 0.611. The number of nitrogens with zero attached hydrogens (tertiary/aromatic N) is 2. The van der Waals surface area contributed by atoms with Crippen molar-refractivity contribution < 1.29 is 50.0 Å². The number of aliphatic hydroxyl groups is 5. The summed E-state index contributed by atoms with van der Waals surface area (Å²) < 4.78 is 10.4. The van der Waals surface area contributed by atoms with Gasteiger partial charge in [0.25, 0.3) is 0 Å². The molecule has 0 saturated carbocycles. The first-order valence-electron chi connectivity index (χ1n) is 9.14. The Bertz CT molecular complexity index is 757. The van der Waals surface area contributed by atoms with Crippen molar-refractivity contribution >= 4 is 12.2 Å². The van der Waals surface area contributed by atoms with Crippen LogP contribution in [0.5, 0.6) is 5.75 Å². The summed E-state index contributed by atoms with van der Waals surface area (Å²) >= 11 is 0. The van der Waals surface area contributed by atoms with Crippen LogP contribution in [0.2, 0.25) is 0 Å². The molecule has 1 aliphatic rings. The van der Waals surface area contributed by atoms with Crippen LogP contribution in [0.4, 0.5) is 0 Å². The second-order valence-electron chi connectivity index (χ2n) is 6.77. The van der Waals surface area contributed by atoms with E-state index in [1.54, 1.807) is 6.92 Å². The van der Waals surface area contributed by atoms with Gasteiger partial charge in [0.05, 0.1) is 25.5 Å². The number of aliphatic carboxylic acids is 1. The molecule has 12 heteroatoms. The molecule has 0 unspecified atom stereocenters. The van der Waals surface area contributed by atoms with Crippen molar-refractivity contribution in [1.82, 2.24) is 4.98 Å². The highest BCUT2D eigenvalue weighted by Crippen LogP contribution is 2.24. The van der Waals surface area contributed by atoms with Crippen molar-refractivity contribution in [3.8, 4) is 5.75 Å². The number of carbonyl (C=O) groups is 1. The molecule has 168 valence electrons. The molecule has 6 atom stereocenters. The van der Waals surface area contributed by atoms with E-state index in [1.165, 1.54) is 12.4 Å². The van der Waals surface area contributed by atoms with Gasteiger partial charge in [0.1, 0.15) is 30.2 Å². The van der Waals surface area contributed by atoms with E-state index in [0.29, 0.717) is 16.8 Å². The van der Waals surface area contributed by atoms with Crippen molar-refractivity contribution in [3.63, 3.8) is 0 Å². The van der Waals surface area contributed by atoms with Crippen LogP contribution in [0.3, 0.4) is 0 Å². The second kappa shape index (κ2) is 10.7. The number of carboxylic acid groups (broad SMARTS) is 1. The maximum atomic E-state index is 11.5. The van der Waals surface area contributed by atoms with E-state index in [2.05, 4.69) is 9.98 Å². The summed E-state index contributed by atoms with van der Waals surface area (Å²) in [7, 11) is 0. The zero-order chi connectivity index (χ0) is 22.4. The largest absolute Gasteiger partial charge is 0.506 e. The summed E-state index contributed by atoms with van der Waals surface area (Å²) in [5.41, 5.74) is 1.07. The maximum Gasteiger partial charge on any atom is 0.330 e. The van der Waals surface area contributed by atoms with Crippen LogP contribution < -0.4 is 0 Å². The van der Waals surface area contributed by atoms with Crippen LogP contribution in [0.25, 0.3) is 0 Å². The lowest BCUT2D eigenvalue weighted by Gasteiger charge is -2.39. The number of hydrogen-bond acceptors (Lipinski definition) is 11. The van der Waals surface area contributed by atoms with Crippen LogP contribution >= 0.6 is 0 Å². The predicted molar refractivity (Wildman–Crippen MR) is 99.9 cm³/mol. The van der Waals surface area contributed by atoms with E-state index in [-0.39, 0.29) is 18.8 Å². The Labute approximate surface area is 171 Å². The molecule has 1 aliphatic heterocycles. The summed E-state index contributed by atoms with van der Waals surface area (Å²) in [6.07, 6.45) is -4.88. The Hall–Kier alpha value is -2.19. The third-order valence-electron chi connectivity index (χ3n) is 4.73. The van der Waals surface area contributed by atoms with E-state index >= 15 is 0 Å². The molecule has 0 bridgehead atoms. The molecule has 0 spiro atoms. The highest BCUT2D eigenvalue weighted by atomic mass is 16.7. The molecule has 12 nitrogen and oxygen atoms in total. The number of hydrogen-bond donors (Lipinski definition) is 7.